The molecule has 0 aliphatic rings. The third-order valence-corrected chi connectivity index (χ3v) is 3.68. The Kier molecular flexibility index (Phi) is 6.98. The van der Waals surface area contributed by atoms with Gasteiger partial charge in [-0.05, 0) is 53.8 Å². The third kappa shape index (κ3) is 6.15. The molecule has 0 atom stereocenters. The maximum atomic E-state index is 5.76. The lowest BCUT2D eigenvalue weighted by Gasteiger charge is -2.11. The summed E-state index contributed by atoms with van der Waals surface area (Å²) in [4.78, 5) is 0. The van der Waals surface area contributed by atoms with Gasteiger partial charge in [-0.2, -0.15) is 0 Å². The molecule has 0 bridgehead atoms. The van der Waals surface area contributed by atoms with Crippen molar-refractivity contribution in [2.45, 2.75) is 33.6 Å². The highest BCUT2D eigenvalue weighted by Gasteiger charge is 2.00. The highest BCUT2D eigenvalue weighted by Crippen LogP contribution is 2.19. The van der Waals surface area contributed by atoms with Gasteiger partial charge in [-0.1, -0.05) is 39.8 Å². The minimum absolute atomic E-state index is 0.537. The highest BCUT2D eigenvalue weighted by atomic mass is 16.5. The molecular formula is C21H29NO2. The number of ether oxygens (including phenoxy) is 2. The molecule has 0 aromatic heterocycles. The van der Waals surface area contributed by atoms with E-state index in [1.165, 1.54) is 5.56 Å². The van der Waals surface area contributed by atoms with Crippen molar-refractivity contribution in [1.29, 1.82) is 0 Å². The zero-order valence-corrected chi connectivity index (χ0v) is 15.2. The monoisotopic (exact) mass is 327 g/mol. The number of benzene rings is 2. The molecule has 0 aliphatic heterocycles. The van der Waals surface area contributed by atoms with Crippen LogP contribution in [-0.2, 0) is 0 Å². The summed E-state index contributed by atoms with van der Waals surface area (Å²) in [6.07, 6.45) is 0. The first kappa shape index (κ1) is 18.2. The van der Waals surface area contributed by atoms with Crippen molar-refractivity contribution in [2.24, 2.45) is 5.92 Å². The fourth-order valence-electron chi connectivity index (χ4n) is 2.25. The van der Waals surface area contributed by atoms with E-state index in [0.717, 1.165) is 30.3 Å². The van der Waals surface area contributed by atoms with Crippen LogP contribution in [0.4, 0.5) is 5.69 Å². The van der Waals surface area contributed by atoms with Gasteiger partial charge in [0, 0.05) is 12.2 Å². The molecule has 0 saturated heterocycles. The average molecular weight is 327 g/mol. The van der Waals surface area contributed by atoms with E-state index < -0.39 is 0 Å². The van der Waals surface area contributed by atoms with E-state index in [4.69, 9.17) is 9.47 Å². The van der Waals surface area contributed by atoms with Crippen molar-refractivity contribution in [1.82, 2.24) is 0 Å². The molecule has 0 aliphatic carbocycles. The minimum atomic E-state index is 0.537. The second-order valence-electron chi connectivity index (χ2n) is 6.73. The van der Waals surface area contributed by atoms with Crippen molar-refractivity contribution < 1.29 is 9.47 Å². The molecule has 0 unspecified atom stereocenters. The molecule has 130 valence electrons. The van der Waals surface area contributed by atoms with Crippen LogP contribution in [0.3, 0.4) is 0 Å². The maximum absolute atomic E-state index is 5.76. The Balaban J connectivity index is 1.70. The SMILES string of the molecule is CC(C)COc1ccc(NCCOc2ccc(C(C)C)cc2)cc1. The highest BCUT2D eigenvalue weighted by molar-refractivity contribution is 5.46. The molecule has 1 N–H and O–H groups in total. The average Bonchev–Trinajstić information content (AvgIpc) is 2.58. The Morgan fingerprint density at radius 1 is 0.792 bits per heavy atom. The Morgan fingerprint density at radius 2 is 1.38 bits per heavy atom. The minimum Gasteiger partial charge on any atom is -0.493 e. The van der Waals surface area contributed by atoms with E-state index in [1.807, 2.05) is 36.4 Å². The molecule has 2 aromatic carbocycles. The summed E-state index contributed by atoms with van der Waals surface area (Å²) < 4.78 is 11.4. The van der Waals surface area contributed by atoms with Gasteiger partial charge in [-0.3, -0.25) is 0 Å². The van der Waals surface area contributed by atoms with E-state index in [2.05, 4.69) is 45.1 Å². The topological polar surface area (TPSA) is 30.5 Å². The molecule has 0 fully saturated rings. The van der Waals surface area contributed by atoms with Crippen LogP contribution < -0.4 is 14.8 Å². The first-order chi connectivity index (χ1) is 11.5. The molecule has 0 saturated carbocycles. The van der Waals surface area contributed by atoms with Crippen LogP contribution in [0.15, 0.2) is 48.5 Å². The van der Waals surface area contributed by atoms with Gasteiger partial charge in [0.2, 0.25) is 0 Å². The Bertz CT molecular complexity index is 588. The number of nitrogens with one attached hydrogen (secondary N) is 1. The van der Waals surface area contributed by atoms with Crippen LogP contribution in [0.25, 0.3) is 0 Å². The van der Waals surface area contributed by atoms with E-state index in [9.17, 15) is 0 Å². The Labute approximate surface area is 146 Å². The van der Waals surface area contributed by atoms with E-state index in [1.54, 1.807) is 0 Å². The zero-order valence-electron chi connectivity index (χ0n) is 15.2. The third-order valence-electron chi connectivity index (χ3n) is 3.68. The van der Waals surface area contributed by atoms with Gasteiger partial charge in [0.05, 0.1) is 6.61 Å². The molecule has 0 spiro atoms. The lowest BCUT2D eigenvalue weighted by molar-refractivity contribution is 0.271. The molecule has 3 nitrogen and oxygen atoms in total. The van der Waals surface area contributed by atoms with E-state index in [-0.39, 0.29) is 0 Å². The quantitative estimate of drug-likeness (QED) is 0.631. The second kappa shape index (κ2) is 9.21. The predicted molar refractivity (Wildman–Crippen MR) is 101 cm³/mol. The normalized spacial score (nSPS) is 10.9. The van der Waals surface area contributed by atoms with Crippen molar-refractivity contribution in [2.75, 3.05) is 25.1 Å². The van der Waals surface area contributed by atoms with Gasteiger partial charge < -0.3 is 14.8 Å². The van der Waals surface area contributed by atoms with Crippen LogP contribution >= 0.6 is 0 Å². The smallest absolute Gasteiger partial charge is 0.119 e. The lowest BCUT2D eigenvalue weighted by atomic mass is 10.0. The van der Waals surface area contributed by atoms with Gasteiger partial charge in [-0.15, -0.1) is 0 Å². The number of hydrogen-bond donors (Lipinski definition) is 1. The summed E-state index contributed by atoms with van der Waals surface area (Å²) in [6.45, 7) is 10.8. The fraction of sp³-hybridized carbons (Fsp3) is 0.429. The number of hydrogen-bond acceptors (Lipinski definition) is 3. The molecule has 2 aromatic rings. The van der Waals surface area contributed by atoms with Gasteiger partial charge in [0.25, 0.3) is 0 Å². The van der Waals surface area contributed by atoms with Gasteiger partial charge in [0.15, 0.2) is 0 Å². The van der Waals surface area contributed by atoms with Crippen molar-refractivity contribution in [3.63, 3.8) is 0 Å². The first-order valence-electron chi connectivity index (χ1n) is 8.74. The molecule has 0 heterocycles. The summed E-state index contributed by atoms with van der Waals surface area (Å²) in [5.74, 6) is 2.91. The molecule has 3 heteroatoms. The van der Waals surface area contributed by atoms with Gasteiger partial charge >= 0.3 is 0 Å². The summed E-state index contributed by atoms with van der Waals surface area (Å²) in [5.41, 5.74) is 2.41. The van der Waals surface area contributed by atoms with Crippen molar-refractivity contribution in [3.05, 3.63) is 54.1 Å². The maximum Gasteiger partial charge on any atom is 0.119 e. The molecular weight excluding hydrogens is 298 g/mol. The zero-order chi connectivity index (χ0) is 17.4. The lowest BCUT2D eigenvalue weighted by Crippen LogP contribution is -2.11. The Hall–Kier alpha value is -2.16. The van der Waals surface area contributed by atoms with Crippen LogP contribution in [0, 0.1) is 5.92 Å². The number of rotatable bonds is 9. The molecule has 2 rings (SSSR count). The summed E-state index contributed by atoms with van der Waals surface area (Å²) in [6, 6.07) is 16.4. The van der Waals surface area contributed by atoms with Crippen LogP contribution in [-0.4, -0.2) is 19.8 Å². The Morgan fingerprint density at radius 3 is 1.96 bits per heavy atom. The molecule has 0 radical (unpaired) electrons. The largest absolute Gasteiger partial charge is 0.493 e. The number of anilines is 1. The van der Waals surface area contributed by atoms with Crippen LogP contribution in [0.1, 0.15) is 39.2 Å². The second-order valence-corrected chi connectivity index (χ2v) is 6.73. The van der Waals surface area contributed by atoms with E-state index in [0.29, 0.717) is 18.4 Å². The van der Waals surface area contributed by atoms with Crippen molar-refractivity contribution >= 4 is 5.69 Å². The van der Waals surface area contributed by atoms with Gasteiger partial charge in [0.1, 0.15) is 18.1 Å². The molecule has 0 amide bonds. The predicted octanol–water partition coefficient (Wildman–Crippen LogP) is 5.34. The summed E-state index contributed by atoms with van der Waals surface area (Å²) in [7, 11) is 0. The fourth-order valence-corrected chi connectivity index (χ4v) is 2.25. The van der Waals surface area contributed by atoms with Crippen LogP contribution in [0.2, 0.25) is 0 Å². The molecule has 24 heavy (non-hydrogen) atoms. The van der Waals surface area contributed by atoms with Crippen LogP contribution in [0.5, 0.6) is 11.5 Å². The van der Waals surface area contributed by atoms with Crippen molar-refractivity contribution in [3.8, 4) is 11.5 Å². The van der Waals surface area contributed by atoms with Gasteiger partial charge in [-0.25, -0.2) is 0 Å². The summed E-state index contributed by atoms with van der Waals surface area (Å²) >= 11 is 0. The standard InChI is InChI=1S/C21H29NO2/c1-16(2)15-24-21-11-7-19(8-12-21)22-13-14-23-20-9-5-18(6-10-20)17(3)4/h5-12,16-17,22H,13-15H2,1-4H3. The summed E-state index contributed by atoms with van der Waals surface area (Å²) in [5, 5.41) is 3.36. The van der Waals surface area contributed by atoms with E-state index >= 15 is 0 Å². The first-order valence-corrected chi connectivity index (χ1v) is 8.74.